The first-order valence-corrected chi connectivity index (χ1v) is 7.56. The fraction of sp³-hybridized carbons (Fsp3) is 0.375. The largest absolute Gasteiger partial charge is 0.465 e. The van der Waals surface area contributed by atoms with Crippen LogP contribution in [0.15, 0.2) is 35.6 Å². The number of hydrogen-bond acceptors (Lipinski definition) is 3. The van der Waals surface area contributed by atoms with E-state index in [2.05, 4.69) is 23.9 Å². The van der Waals surface area contributed by atoms with Gasteiger partial charge in [-0.1, -0.05) is 24.3 Å². The van der Waals surface area contributed by atoms with Gasteiger partial charge in [0, 0.05) is 0 Å². The van der Waals surface area contributed by atoms with Gasteiger partial charge in [0.05, 0.1) is 6.61 Å². The molecular weight excluding hydrogens is 256 g/mol. The van der Waals surface area contributed by atoms with Crippen LogP contribution < -0.4 is 0 Å². The summed E-state index contributed by atoms with van der Waals surface area (Å²) in [7, 11) is 0. The Morgan fingerprint density at radius 3 is 3.05 bits per heavy atom. The van der Waals surface area contributed by atoms with Gasteiger partial charge < -0.3 is 4.74 Å². The van der Waals surface area contributed by atoms with Gasteiger partial charge in [-0.25, -0.2) is 0 Å². The number of aryl methyl sites for hydroxylation is 1. The van der Waals surface area contributed by atoms with Gasteiger partial charge in [0.1, 0.15) is 5.25 Å². The van der Waals surface area contributed by atoms with E-state index >= 15 is 0 Å². The van der Waals surface area contributed by atoms with E-state index in [9.17, 15) is 4.79 Å². The van der Waals surface area contributed by atoms with Gasteiger partial charge in [0.15, 0.2) is 0 Å². The van der Waals surface area contributed by atoms with Gasteiger partial charge in [-0.15, -0.1) is 17.5 Å². The predicted molar refractivity (Wildman–Crippen MR) is 80.2 cm³/mol. The number of carbonyl (C=O) groups excluding carboxylic acids is 1. The van der Waals surface area contributed by atoms with Crippen molar-refractivity contribution >= 4 is 23.8 Å². The lowest BCUT2D eigenvalue weighted by atomic mass is 10.0. The molecule has 0 aromatic heterocycles. The van der Waals surface area contributed by atoms with Crippen LogP contribution in [0.25, 0.3) is 6.08 Å². The van der Waals surface area contributed by atoms with Crippen molar-refractivity contribution < 1.29 is 9.53 Å². The van der Waals surface area contributed by atoms with Crippen LogP contribution in [0, 0.1) is 0 Å². The van der Waals surface area contributed by atoms with Gasteiger partial charge >= 0.3 is 5.97 Å². The lowest BCUT2D eigenvalue weighted by Gasteiger charge is -2.14. The molecule has 0 amide bonds. The SMILES string of the molecule is CCOC(=O)C1SCCc2ccccc2C=C=C1C. The van der Waals surface area contributed by atoms with Crippen molar-refractivity contribution in [2.75, 3.05) is 12.4 Å². The Kier molecular flexibility index (Phi) is 4.89. The van der Waals surface area contributed by atoms with E-state index in [1.54, 1.807) is 11.8 Å². The van der Waals surface area contributed by atoms with E-state index in [1.807, 2.05) is 26.0 Å². The molecule has 0 N–H and O–H groups in total. The molecule has 100 valence electrons. The number of hydrogen-bond donors (Lipinski definition) is 0. The highest BCUT2D eigenvalue weighted by molar-refractivity contribution is 8.00. The van der Waals surface area contributed by atoms with Gasteiger partial charge in [0.25, 0.3) is 0 Å². The molecule has 2 nitrogen and oxygen atoms in total. The topological polar surface area (TPSA) is 26.3 Å². The molecule has 1 aromatic carbocycles. The maximum absolute atomic E-state index is 11.9. The maximum Gasteiger partial charge on any atom is 0.323 e. The Balaban J connectivity index is 2.31. The van der Waals surface area contributed by atoms with Crippen LogP contribution in [0.3, 0.4) is 0 Å². The molecule has 1 heterocycles. The Bertz CT molecular complexity index is 527. The summed E-state index contributed by atoms with van der Waals surface area (Å²) in [5.41, 5.74) is 6.66. The van der Waals surface area contributed by atoms with Crippen LogP contribution in [-0.4, -0.2) is 23.6 Å². The Labute approximate surface area is 118 Å². The second kappa shape index (κ2) is 6.65. The molecule has 0 spiro atoms. The second-order valence-electron chi connectivity index (χ2n) is 4.42. The predicted octanol–water partition coefficient (Wildman–Crippen LogP) is 3.47. The highest BCUT2D eigenvalue weighted by Crippen LogP contribution is 2.24. The number of carbonyl (C=O) groups is 1. The molecule has 0 aliphatic carbocycles. The molecule has 1 aliphatic heterocycles. The number of ether oxygens (including phenoxy) is 1. The van der Waals surface area contributed by atoms with Crippen LogP contribution in [0.5, 0.6) is 0 Å². The van der Waals surface area contributed by atoms with Gasteiger partial charge in [-0.05, 0) is 48.8 Å². The lowest BCUT2D eigenvalue weighted by molar-refractivity contribution is -0.141. The van der Waals surface area contributed by atoms with Crippen molar-refractivity contribution in [3.8, 4) is 0 Å². The van der Waals surface area contributed by atoms with Crippen molar-refractivity contribution in [3.63, 3.8) is 0 Å². The first-order chi connectivity index (χ1) is 9.22. The Morgan fingerprint density at radius 2 is 2.26 bits per heavy atom. The van der Waals surface area contributed by atoms with Crippen molar-refractivity contribution in [3.05, 3.63) is 46.7 Å². The fourth-order valence-corrected chi connectivity index (χ4v) is 3.14. The van der Waals surface area contributed by atoms with Crippen LogP contribution in [-0.2, 0) is 16.0 Å². The zero-order valence-electron chi connectivity index (χ0n) is 11.3. The minimum Gasteiger partial charge on any atom is -0.465 e. The summed E-state index contributed by atoms with van der Waals surface area (Å²) < 4.78 is 5.13. The first kappa shape index (κ1) is 14.0. The monoisotopic (exact) mass is 274 g/mol. The van der Waals surface area contributed by atoms with Gasteiger partial charge in [0.2, 0.25) is 0 Å². The summed E-state index contributed by atoms with van der Waals surface area (Å²) in [6.07, 6.45) is 2.94. The number of benzene rings is 1. The van der Waals surface area contributed by atoms with Crippen molar-refractivity contribution in [1.82, 2.24) is 0 Å². The highest BCUT2D eigenvalue weighted by atomic mass is 32.2. The minimum atomic E-state index is -0.231. The highest BCUT2D eigenvalue weighted by Gasteiger charge is 2.22. The average Bonchev–Trinajstić information content (AvgIpc) is 2.49. The quantitative estimate of drug-likeness (QED) is 0.610. The van der Waals surface area contributed by atoms with Crippen LogP contribution in [0.1, 0.15) is 25.0 Å². The number of thioether (sulfide) groups is 1. The molecule has 19 heavy (non-hydrogen) atoms. The molecule has 2 rings (SSSR count). The molecule has 0 saturated heterocycles. The Morgan fingerprint density at radius 1 is 1.47 bits per heavy atom. The van der Waals surface area contributed by atoms with Gasteiger partial charge in [-0.2, -0.15) is 0 Å². The molecule has 0 bridgehead atoms. The molecule has 1 aromatic rings. The normalized spacial score (nSPS) is 18.6. The first-order valence-electron chi connectivity index (χ1n) is 6.51. The minimum absolute atomic E-state index is 0.156. The summed E-state index contributed by atoms with van der Waals surface area (Å²) in [5.74, 6) is 0.754. The zero-order valence-corrected chi connectivity index (χ0v) is 12.1. The van der Waals surface area contributed by atoms with E-state index in [0.29, 0.717) is 6.61 Å². The molecule has 0 fully saturated rings. The average molecular weight is 274 g/mol. The maximum atomic E-state index is 11.9. The van der Waals surface area contributed by atoms with E-state index in [0.717, 1.165) is 17.7 Å². The van der Waals surface area contributed by atoms with Crippen LogP contribution in [0.4, 0.5) is 0 Å². The zero-order chi connectivity index (χ0) is 13.7. The van der Waals surface area contributed by atoms with E-state index < -0.39 is 0 Å². The van der Waals surface area contributed by atoms with Crippen LogP contribution in [0.2, 0.25) is 0 Å². The Hall–Kier alpha value is -1.44. The van der Waals surface area contributed by atoms with E-state index in [-0.39, 0.29) is 11.2 Å². The van der Waals surface area contributed by atoms with Crippen LogP contribution >= 0.6 is 11.8 Å². The van der Waals surface area contributed by atoms with Crippen molar-refractivity contribution in [1.29, 1.82) is 0 Å². The number of fused-ring (bicyclic) bond motifs is 1. The molecule has 1 unspecified atom stereocenters. The molecule has 3 heteroatoms. The lowest BCUT2D eigenvalue weighted by Crippen LogP contribution is -2.21. The smallest absolute Gasteiger partial charge is 0.323 e. The molecule has 0 saturated carbocycles. The third-order valence-electron chi connectivity index (χ3n) is 3.06. The summed E-state index contributed by atoms with van der Waals surface area (Å²) in [4.78, 5) is 11.9. The summed E-state index contributed by atoms with van der Waals surface area (Å²) in [6, 6.07) is 8.30. The summed E-state index contributed by atoms with van der Waals surface area (Å²) in [5, 5.41) is -0.231. The summed E-state index contributed by atoms with van der Waals surface area (Å²) >= 11 is 1.64. The molecular formula is C16H18O2S. The van der Waals surface area contributed by atoms with E-state index in [4.69, 9.17) is 4.74 Å². The molecule has 1 atom stereocenters. The molecule has 1 aliphatic rings. The molecule has 0 radical (unpaired) electrons. The standard InChI is InChI=1S/C16H18O2S/c1-3-18-16(17)15-12(2)8-9-13-6-4-5-7-14(13)10-11-19-15/h4-7,9,15H,3,10-11H2,1-2H3. The summed E-state index contributed by atoms with van der Waals surface area (Å²) in [6.45, 7) is 4.20. The second-order valence-corrected chi connectivity index (χ2v) is 5.64. The third kappa shape index (κ3) is 3.52. The van der Waals surface area contributed by atoms with E-state index in [1.165, 1.54) is 11.1 Å². The van der Waals surface area contributed by atoms with Gasteiger partial charge in [-0.3, -0.25) is 4.79 Å². The van der Waals surface area contributed by atoms with Crippen molar-refractivity contribution in [2.24, 2.45) is 0 Å². The number of rotatable bonds is 2. The third-order valence-corrected chi connectivity index (χ3v) is 4.38. The number of esters is 1. The van der Waals surface area contributed by atoms with Crippen molar-refractivity contribution in [2.45, 2.75) is 25.5 Å². The fourth-order valence-electron chi connectivity index (χ4n) is 2.04.